The number of aromatic amines is 1. The van der Waals surface area contributed by atoms with Gasteiger partial charge in [0.05, 0.1) is 0 Å². The summed E-state index contributed by atoms with van der Waals surface area (Å²) in [4.78, 5) is 30.6. The Bertz CT molecular complexity index is 526. The third-order valence-electron chi connectivity index (χ3n) is 4.43. The first-order valence-corrected chi connectivity index (χ1v) is 7.46. The lowest BCUT2D eigenvalue weighted by molar-refractivity contribution is 0.0644. The molecule has 0 atom stereocenters. The van der Waals surface area contributed by atoms with Crippen LogP contribution in [0, 0.1) is 0 Å². The highest BCUT2D eigenvalue weighted by molar-refractivity contribution is 5.94. The normalized spacial score (nSPS) is 21.3. The fourth-order valence-corrected chi connectivity index (χ4v) is 3.30. The molecule has 0 spiro atoms. The second-order valence-corrected chi connectivity index (χ2v) is 5.71. The molecular formula is C15H21N3O2. The molecule has 2 aliphatic rings. The summed E-state index contributed by atoms with van der Waals surface area (Å²) in [5, 5.41) is 0. The maximum atomic E-state index is 12.3. The van der Waals surface area contributed by atoms with Gasteiger partial charge in [-0.3, -0.25) is 9.59 Å². The van der Waals surface area contributed by atoms with Crippen LogP contribution in [-0.2, 0) is 0 Å². The summed E-state index contributed by atoms with van der Waals surface area (Å²) >= 11 is 0. The van der Waals surface area contributed by atoms with Crippen molar-refractivity contribution in [2.75, 3.05) is 26.2 Å². The molecule has 3 rings (SSSR count). The van der Waals surface area contributed by atoms with E-state index in [1.54, 1.807) is 6.07 Å². The lowest BCUT2D eigenvalue weighted by Gasteiger charge is -2.36. The van der Waals surface area contributed by atoms with E-state index in [1.165, 1.54) is 38.2 Å². The first-order valence-electron chi connectivity index (χ1n) is 7.46. The van der Waals surface area contributed by atoms with E-state index >= 15 is 0 Å². The second-order valence-electron chi connectivity index (χ2n) is 5.71. The maximum absolute atomic E-state index is 12.3. The van der Waals surface area contributed by atoms with Crippen molar-refractivity contribution in [2.24, 2.45) is 0 Å². The Hall–Kier alpha value is -1.62. The molecule has 20 heavy (non-hydrogen) atoms. The number of carbonyl (C=O) groups excluding carboxylic acids is 1. The van der Waals surface area contributed by atoms with Gasteiger partial charge in [-0.1, -0.05) is 0 Å². The molecule has 0 aliphatic carbocycles. The topological polar surface area (TPSA) is 56.4 Å². The van der Waals surface area contributed by atoms with Crippen LogP contribution in [0.15, 0.2) is 23.1 Å². The van der Waals surface area contributed by atoms with Crippen molar-refractivity contribution in [1.29, 1.82) is 0 Å². The molecular weight excluding hydrogens is 254 g/mol. The van der Waals surface area contributed by atoms with Crippen molar-refractivity contribution in [3.05, 3.63) is 34.2 Å². The lowest BCUT2D eigenvalue weighted by atomic mass is 10.0. The maximum Gasteiger partial charge on any atom is 0.254 e. The predicted octanol–water partition coefficient (Wildman–Crippen LogP) is 1.08. The van der Waals surface area contributed by atoms with Crippen molar-refractivity contribution < 1.29 is 4.79 Å². The summed E-state index contributed by atoms with van der Waals surface area (Å²) in [5.74, 6) is -0.0176. The van der Waals surface area contributed by atoms with E-state index in [0.29, 0.717) is 11.6 Å². The lowest BCUT2D eigenvalue weighted by Crippen LogP contribution is -2.46. The molecule has 5 heteroatoms. The number of hydrogen-bond acceptors (Lipinski definition) is 3. The number of rotatable bonds is 2. The molecule has 1 aromatic heterocycles. The number of aromatic nitrogens is 1. The van der Waals surface area contributed by atoms with E-state index in [4.69, 9.17) is 0 Å². The van der Waals surface area contributed by atoms with Gasteiger partial charge in [0.15, 0.2) is 0 Å². The van der Waals surface area contributed by atoms with E-state index in [-0.39, 0.29) is 11.5 Å². The number of likely N-dealkylation sites (tertiary alicyclic amines) is 2. The van der Waals surface area contributed by atoms with Crippen LogP contribution in [0.5, 0.6) is 0 Å². The summed E-state index contributed by atoms with van der Waals surface area (Å²) < 4.78 is 0. The molecule has 108 valence electrons. The van der Waals surface area contributed by atoms with Gasteiger partial charge in [0.2, 0.25) is 5.56 Å². The Morgan fingerprint density at radius 2 is 1.85 bits per heavy atom. The highest BCUT2D eigenvalue weighted by Crippen LogP contribution is 2.21. The van der Waals surface area contributed by atoms with Crippen LogP contribution in [0.25, 0.3) is 0 Å². The summed E-state index contributed by atoms with van der Waals surface area (Å²) in [5.41, 5.74) is 0.274. The largest absolute Gasteiger partial charge is 0.339 e. The fourth-order valence-electron chi connectivity index (χ4n) is 3.30. The van der Waals surface area contributed by atoms with E-state index < -0.39 is 0 Å². The Balaban J connectivity index is 1.60. The molecule has 1 amide bonds. The molecule has 2 saturated heterocycles. The zero-order chi connectivity index (χ0) is 13.9. The number of nitrogens with zero attached hydrogens (tertiary/aromatic N) is 2. The minimum Gasteiger partial charge on any atom is -0.339 e. The Morgan fingerprint density at radius 3 is 2.50 bits per heavy atom. The highest BCUT2D eigenvalue weighted by atomic mass is 16.2. The molecule has 0 unspecified atom stereocenters. The second kappa shape index (κ2) is 5.79. The third kappa shape index (κ3) is 2.77. The number of amides is 1. The number of carbonyl (C=O) groups is 1. The van der Waals surface area contributed by atoms with Gasteiger partial charge in [-0.25, -0.2) is 0 Å². The number of hydrogen-bond donors (Lipinski definition) is 1. The molecule has 3 heterocycles. The number of nitrogens with one attached hydrogen (secondary N) is 1. The minimum atomic E-state index is -0.220. The van der Waals surface area contributed by atoms with Gasteiger partial charge in [-0.2, -0.15) is 0 Å². The average Bonchev–Trinajstić information content (AvgIpc) is 3.01. The van der Waals surface area contributed by atoms with Crippen LogP contribution in [0.2, 0.25) is 0 Å². The van der Waals surface area contributed by atoms with E-state index in [9.17, 15) is 9.59 Å². The Kier molecular flexibility index (Phi) is 3.87. The summed E-state index contributed by atoms with van der Waals surface area (Å²) in [7, 11) is 0. The smallest absolute Gasteiger partial charge is 0.254 e. The van der Waals surface area contributed by atoms with Crippen molar-refractivity contribution in [2.45, 2.75) is 31.7 Å². The molecule has 2 aliphatic heterocycles. The van der Waals surface area contributed by atoms with Gasteiger partial charge in [-0.05, 0) is 44.8 Å². The Labute approximate surface area is 118 Å². The standard InChI is InChI=1S/C15H21N3O2/c19-14-11-12(3-6-16-14)15(20)18-9-4-13(5-10-18)17-7-1-2-8-17/h3,6,11,13H,1-2,4-5,7-10H2,(H,16,19). The van der Waals surface area contributed by atoms with Gasteiger partial charge in [-0.15, -0.1) is 0 Å². The number of piperidine rings is 1. The number of H-pyrrole nitrogens is 1. The third-order valence-corrected chi connectivity index (χ3v) is 4.43. The summed E-state index contributed by atoms with van der Waals surface area (Å²) in [6.07, 6.45) is 6.26. The van der Waals surface area contributed by atoms with Crippen LogP contribution in [0.1, 0.15) is 36.0 Å². The van der Waals surface area contributed by atoms with Crippen molar-refractivity contribution in [3.8, 4) is 0 Å². The molecule has 1 aromatic rings. The van der Waals surface area contributed by atoms with E-state index in [2.05, 4.69) is 9.88 Å². The summed E-state index contributed by atoms with van der Waals surface area (Å²) in [6.45, 7) is 4.03. The van der Waals surface area contributed by atoms with Gasteiger partial charge in [0.1, 0.15) is 0 Å². The number of pyridine rings is 1. The fraction of sp³-hybridized carbons (Fsp3) is 0.600. The zero-order valence-corrected chi connectivity index (χ0v) is 11.7. The van der Waals surface area contributed by atoms with E-state index in [1.807, 2.05) is 4.90 Å². The van der Waals surface area contributed by atoms with Crippen molar-refractivity contribution >= 4 is 5.91 Å². The van der Waals surface area contributed by atoms with Gasteiger partial charge in [0, 0.05) is 37.0 Å². The Morgan fingerprint density at radius 1 is 1.15 bits per heavy atom. The first kappa shape index (κ1) is 13.4. The van der Waals surface area contributed by atoms with Crippen LogP contribution < -0.4 is 5.56 Å². The van der Waals surface area contributed by atoms with Crippen LogP contribution >= 0.6 is 0 Å². The van der Waals surface area contributed by atoms with Crippen molar-refractivity contribution in [3.63, 3.8) is 0 Å². The molecule has 5 nitrogen and oxygen atoms in total. The molecule has 1 N–H and O–H groups in total. The van der Waals surface area contributed by atoms with Crippen molar-refractivity contribution in [1.82, 2.24) is 14.8 Å². The zero-order valence-electron chi connectivity index (χ0n) is 11.7. The first-order chi connectivity index (χ1) is 9.74. The SMILES string of the molecule is O=C(c1cc[nH]c(=O)c1)N1CCC(N2CCCC2)CC1. The van der Waals surface area contributed by atoms with Gasteiger partial charge in [0.25, 0.3) is 5.91 Å². The van der Waals surface area contributed by atoms with Gasteiger partial charge >= 0.3 is 0 Å². The van der Waals surface area contributed by atoms with Crippen LogP contribution in [0.4, 0.5) is 0 Å². The average molecular weight is 275 g/mol. The quantitative estimate of drug-likeness (QED) is 0.878. The molecule has 2 fully saturated rings. The molecule has 0 saturated carbocycles. The molecule has 0 aromatic carbocycles. The van der Waals surface area contributed by atoms with Crippen LogP contribution in [-0.4, -0.2) is 52.9 Å². The molecule has 0 bridgehead atoms. The van der Waals surface area contributed by atoms with E-state index in [0.717, 1.165) is 25.9 Å². The minimum absolute atomic E-state index is 0.0176. The summed E-state index contributed by atoms with van der Waals surface area (Å²) in [6, 6.07) is 3.70. The monoisotopic (exact) mass is 275 g/mol. The molecule has 0 radical (unpaired) electrons. The highest BCUT2D eigenvalue weighted by Gasteiger charge is 2.28. The predicted molar refractivity (Wildman–Crippen MR) is 76.8 cm³/mol. The van der Waals surface area contributed by atoms with Crippen LogP contribution in [0.3, 0.4) is 0 Å². The van der Waals surface area contributed by atoms with Gasteiger partial charge < -0.3 is 14.8 Å².